The molecule has 0 fully saturated rings. The summed E-state index contributed by atoms with van der Waals surface area (Å²) in [6.45, 7) is 1.82. The van der Waals surface area contributed by atoms with E-state index in [1.165, 1.54) is 0 Å². The molecule has 1 amide bonds. The maximum absolute atomic E-state index is 12.4. The maximum Gasteiger partial charge on any atom is 0.262 e. The molecule has 0 unspecified atom stereocenters. The molecule has 0 saturated heterocycles. The van der Waals surface area contributed by atoms with E-state index in [0.717, 1.165) is 14.8 Å². The molecule has 0 atom stereocenters. The summed E-state index contributed by atoms with van der Waals surface area (Å²) in [5, 5.41) is 3.41. The number of anilines is 1. The molecule has 0 spiro atoms. The summed E-state index contributed by atoms with van der Waals surface area (Å²) in [4.78, 5) is 24.6. The molecule has 0 heterocycles. The summed E-state index contributed by atoms with van der Waals surface area (Å²) in [6.07, 6.45) is 0. The Hall–Kier alpha value is -2.38. The van der Waals surface area contributed by atoms with Gasteiger partial charge in [0.2, 0.25) is 0 Å². The highest BCUT2D eigenvalue weighted by Crippen LogP contribution is 2.19. The van der Waals surface area contributed by atoms with E-state index in [1.807, 2.05) is 25.1 Å². The number of hydrogen-bond acceptors (Lipinski definition) is 3. The summed E-state index contributed by atoms with van der Waals surface area (Å²) >= 11 is 8.07. The SMILES string of the molecule is Cc1cc(I)ccc1NC(=O)COc1ccc(C(=O)c2ccc(Cl)cc2)cc1. The summed E-state index contributed by atoms with van der Waals surface area (Å²) in [5.74, 6) is 0.169. The van der Waals surface area contributed by atoms with Crippen molar-refractivity contribution in [3.63, 3.8) is 0 Å². The Labute approximate surface area is 182 Å². The number of amides is 1. The second-order valence-electron chi connectivity index (χ2n) is 6.16. The van der Waals surface area contributed by atoms with Gasteiger partial charge in [0, 0.05) is 25.4 Å². The lowest BCUT2D eigenvalue weighted by Crippen LogP contribution is -2.20. The largest absolute Gasteiger partial charge is 0.484 e. The van der Waals surface area contributed by atoms with E-state index < -0.39 is 0 Å². The van der Waals surface area contributed by atoms with Crippen molar-refractivity contribution in [2.45, 2.75) is 6.92 Å². The van der Waals surface area contributed by atoms with Crippen molar-refractivity contribution in [3.8, 4) is 5.75 Å². The fraction of sp³-hybridized carbons (Fsp3) is 0.0909. The molecule has 142 valence electrons. The van der Waals surface area contributed by atoms with E-state index in [9.17, 15) is 9.59 Å². The van der Waals surface area contributed by atoms with Crippen molar-refractivity contribution in [2.75, 3.05) is 11.9 Å². The smallest absolute Gasteiger partial charge is 0.262 e. The highest BCUT2D eigenvalue weighted by molar-refractivity contribution is 14.1. The van der Waals surface area contributed by atoms with Crippen molar-refractivity contribution in [1.29, 1.82) is 0 Å². The highest BCUT2D eigenvalue weighted by atomic mass is 127. The van der Waals surface area contributed by atoms with Crippen LogP contribution in [0.25, 0.3) is 0 Å². The van der Waals surface area contributed by atoms with Crippen LogP contribution in [0, 0.1) is 10.5 Å². The zero-order valence-electron chi connectivity index (χ0n) is 15.0. The summed E-state index contributed by atoms with van der Waals surface area (Å²) in [7, 11) is 0. The second kappa shape index (κ2) is 9.21. The minimum Gasteiger partial charge on any atom is -0.484 e. The molecule has 0 aliphatic rings. The van der Waals surface area contributed by atoms with Gasteiger partial charge in [0.1, 0.15) is 5.75 Å². The average molecular weight is 506 g/mol. The molecular weight excluding hydrogens is 489 g/mol. The van der Waals surface area contributed by atoms with Crippen molar-refractivity contribution in [2.24, 2.45) is 0 Å². The van der Waals surface area contributed by atoms with E-state index >= 15 is 0 Å². The van der Waals surface area contributed by atoms with E-state index in [1.54, 1.807) is 48.5 Å². The Kier molecular flexibility index (Phi) is 6.70. The summed E-state index contributed by atoms with van der Waals surface area (Å²) < 4.78 is 6.63. The molecule has 0 bridgehead atoms. The van der Waals surface area contributed by atoms with Gasteiger partial charge in [-0.1, -0.05) is 11.6 Å². The van der Waals surface area contributed by atoms with Gasteiger partial charge in [0.05, 0.1) is 0 Å². The van der Waals surface area contributed by atoms with Crippen LogP contribution in [-0.4, -0.2) is 18.3 Å². The number of ether oxygens (including phenoxy) is 1. The van der Waals surface area contributed by atoms with E-state index in [0.29, 0.717) is 21.9 Å². The number of nitrogens with one attached hydrogen (secondary N) is 1. The first-order valence-electron chi connectivity index (χ1n) is 8.51. The number of aryl methyl sites for hydroxylation is 1. The minimum atomic E-state index is -0.245. The van der Waals surface area contributed by atoms with Gasteiger partial charge in [-0.2, -0.15) is 0 Å². The first-order chi connectivity index (χ1) is 13.4. The third kappa shape index (κ3) is 5.33. The van der Waals surface area contributed by atoms with Gasteiger partial charge in [-0.3, -0.25) is 9.59 Å². The van der Waals surface area contributed by atoms with Crippen LogP contribution in [0.15, 0.2) is 66.7 Å². The van der Waals surface area contributed by atoms with Crippen LogP contribution >= 0.6 is 34.2 Å². The first kappa shape index (κ1) is 20.4. The van der Waals surface area contributed by atoms with Crippen LogP contribution in [0.4, 0.5) is 5.69 Å². The summed E-state index contributed by atoms with van der Waals surface area (Å²) in [5.41, 5.74) is 2.85. The molecule has 1 N–H and O–H groups in total. The quantitative estimate of drug-likeness (QED) is 0.355. The Morgan fingerprint density at radius 3 is 2.18 bits per heavy atom. The zero-order chi connectivity index (χ0) is 20.1. The maximum atomic E-state index is 12.4. The monoisotopic (exact) mass is 505 g/mol. The van der Waals surface area contributed by atoms with Gasteiger partial charge >= 0.3 is 0 Å². The van der Waals surface area contributed by atoms with Crippen molar-refractivity contribution < 1.29 is 14.3 Å². The Morgan fingerprint density at radius 2 is 1.57 bits per heavy atom. The molecule has 3 rings (SSSR count). The topological polar surface area (TPSA) is 55.4 Å². The minimum absolute atomic E-state index is 0.102. The Morgan fingerprint density at radius 1 is 0.964 bits per heavy atom. The third-order valence-electron chi connectivity index (χ3n) is 4.06. The lowest BCUT2D eigenvalue weighted by atomic mass is 10.0. The predicted octanol–water partition coefficient (Wildman–Crippen LogP) is 5.50. The molecule has 6 heteroatoms. The number of hydrogen-bond donors (Lipinski definition) is 1. The van der Waals surface area contributed by atoms with Gasteiger partial charge < -0.3 is 10.1 Å². The molecule has 0 saturated carbocycles. The van der Waals surface area contributed by atoms with Crippen LogP contribution in [0.5, 0.6) is 5.75 Å². The van der Waals surface area contributed by atoms with Gasteiger partial charge in [-0.25, -0.2) is 0 Å². The van der Waals surface area contributed by atoms with Gasteiger partial charge in [0.15, 0.2) is 12.4 Å². The lowest BCUT2D eigenvalue weighted by Gasteiger charge is -2.10. The van der Waals surface area contributed by atoms with Crippen LogP contribution in [0.2, 0.25) is 5.02 Å². The summed E-state index contributed by atoms with van der Waals surface area (Å²) in [6, 6.07) is 19.2. The second-order valence-corrected chi connectivity index (χ2v) is 7.84. The van der Waals surface area contributed by atoms with Crippen molar-refractivity contribution in [1.82, 2.24) is 0 Å². The molecule has 0 aliphatic heterocycles. The lowest BCUT2D eigenvalue weighted by molar-refractivity contribution is -0.118. The number of rotatable bonds is 6. The average Bonchev–Trinajstić information content (AvgIpc) is 2.69. The van der Waals surface area contributed by atoms with E-state index in [4.69, 9.17) is 16.3 Å². The number of carbonyl (C=O) groups is 2. The number of benzene rings is 3. The van der Waals surface area contributed by atoms with Crippen LogP contribution in [-0.2, 0) is 4.79 Å². The first-order valence-corrected chi connectivity index (χ1v) is 9.97. The molecule has 0 aromatic heterocycles. The van der Waals surface area contributed by atoms with Gasteiger partial charge in [-0.15, -0.1) is 0 Å². The third-order valence-corrected chi connectivity index (χ3v) is 4.98. The predicted molar refractivity (Wildman–Crippen MR) is 119 cm³/mol. The fourth-order valence-corrected chi connectivity index (χ4v) is 3.35. The standard InChI is InChI=1S/C22H17ClINO3/c1-14-12-18(24)8-11-20(14)25-21(26)13-28-19-9-4-16(5-10-19)22(27)15-2-6-17(23)7-3-15/h2-12H,13H2,1H3,(H,25,26). The molecule has 0 radical (unpaired) electrons. The van der Waals surface area contributed by atoms with Gasteiger partial charge in [-0.05, 0) is 102 Å². The Bertz CT molecular complexity index is 1000. The van der Waals surface area contributed by atoms with E-state index in [-0.39, 0.29) is 18.3 Å². The van der Waals surface area contributed by atoms with Crippen LogP contribution in [0.1, 0.15) is 21.5 Å². The number of ketones is 1. The molecule has 4 nitrogen and oxygen atoms in total. The number of carbonyl (C=O) groups excluding carboxylic acids is 2. The molecule has 3 aromatic carbocycles. The van der Waals surface area contributed by atoms with Crippen molar-refractivity contribution in [3.05, 3.63) is 92.0 Å². The normalized spacial score (nSPS) is 10.4. The molecule has 0 aliphatic carbocycles. The highest BCUT2D eigenvalue weighted by Gasteiger charge is 2.10. The van der Waals surface area contributed by atoms with Crippen LogP contribution in [0.3, 0.4) is 0 Å². The zero-order valence-corrected chi connectivity index (χ0v) is 18.0. The molecule has 3 aromatic rings. The fourth-order valence-electron chi connectivity index (χ4n) is 2.57. The van der Waals surface area contributed by atoms with Gasteiger partial charge in [0.25, 0.3) is 5.91 Å². The van der Waals surface area contributed by atoms with E-state index in [2.05, 4.69) is 27.9 Å². The molecular formula is C22H17ClINO3. The Balaban J connectivity index is 1.57. The van der Waals surface area contributed by atoms with Crippen LogP contribution < -0.4 is 10.1 Å². The number of halogens is 2. The molecule has 28 heavy (non-hydrogen) atoms. The van der Waals surface area contributed by atoms with Crippen molar-refractivity contribution >= 4 is 51.6 Å².